The van der Waals surface area contributed by atoms with Gasteiger partial charge in [0.05, 0.1) is 21.5 Å². The molecule has 2 aromatic carbocycles. The van der Waals surface area contributed by atoms with Crippen molar-refractivity contribution in [2.24, 2.45) is 0 Å². The van der Waals surface area contributed by atoms with Gasteiger partial charge in [0.1, 0.15) is 10.8 Å². The molecule has 0 atom stereocenters. The largest absolute Gasteiger partial charge is 0.464 e. The number of ether oxygens (including phenoxy) is 1. The first-order valence-electron chi connectivity index (χ1n) is 9.78. The maximum Gasteiger partial charge on any atom is 0.311 e. The fraction of sp³-hybridized carbons (Fsp3) is 0.0952. The van der Waals surface area contributed by atoms with Crippen LogP contribution in [-0.2, 0) is 13.3 Å². The van der Waals surface area contributed by atoms with Gasteiger partial charge in [-0.05, 0) is 29.8 Å². The summed E-state index contributed by atoms with van der Waals surface area (Å²) in [7, 11) is 0. The van der Waals surface area contributed by atoms with Crippen LogP contribution in [0.3, 0.4) is 0 Å². The van der Waals surface area contributed by atoms with Crippen LogP contribution < -0.4 is 10.1 Å². The van der Waals surface area contributed by atoms with Crippen molar-refractivity contribution >= 4 is 52.2 Å². The molecule has 0 aliphatic carbocycles. The molecule has 0 unspecified atom stereocenters. The van der Waals surface area contributed by atoms with Gasteiger partial charge in [0.25, 0.3) is 5.91 Å². The summed E-state index contributed by atoms with van der Waals surface area (Å²) in [5.41, 5.74) is 0.439. The van der Waals surface area contributed by atoms with Gasteiger partial charge in [-0.1, -0.05) is 40.9 Å². The molecule has 180 valence electrons. The first-order chi connectivity index (χ1) is 16.7. The van der Waals surface area contributed by atoms with Gasteiger partial charge in [-0.15, -0.1) is 0 Å². The molecule has 2 aromatic heterocycles. The van der Waals surface area contributed by atoms with Crippen molar-refractivity contribution in [3.05, 3.63) is 97.1 Å². The molecule has 0 bridgehead atoms. The van der Waals surface area contributed by atoms with Crippen molar-refractivity contribution in [3.8, 4) is 5.75 Å². The van der Waals surface area contributed by atoms with E-state index in [4.69, 9.17) is 39.5 Å². The van der Waals surface area contributed by atoms with Crippen LogP contribution in [0.4, 0.5) is 15.9 Å². The minimum atomic E-state index is -0.693. The molecule has 14 heteroatoms. The average molecular weight is 540 g/mol. The first kappa shape index (κ1) is 24.5. The highest BCUT2D eigenvalue weighted by Crippen LogP contribution is 2.28. The Morgan fingerprint density at radius 3 is 2.60 bits per heavy atom. The molecule has 0 radical (unpaired) electrons. The summed E-state index contributed by atoms with van der Waals surface area (Å²) < 4.78 is 21.5. The lowest BCUT2D eigenvalue weighted by Gasteiger charge is -2.07. The lowest BCUT2D eigenvalue weighted by molar-refractivity contribution is -0.386. The van der Waals surface area contributed by atoms with Gasteiger partial charge in [0.15, 0.2) is 18.2 Å². The molecule has 0 spiro atoms. The Hall–Kier alpha value is -3.67. The van der Waals surface area contributed by atoms with Crippen LogP contribution in [0.15, 0.2) is 54.9 Å². The number of anilines is 1. The van der Waals surface area contributed by atoms with Crippen LogP contribution in [0.1, 0.15) is 16.1 Å². The molecule has 0 aliphatic rings. The Bertz CT molecular complexity index is 1420. The molecular weight excluding hydrogens is 526 g/mol. The molecule has 1 N–H and O–H groups in total. The summed E-state index contributed by atoms with van der Waals surface area (Å²) in [6, 6.07) is 9.40. The maximum absolute atomic E-state index is 13.4. The minimum absolute atomic E-state index is 0.0115. The van der Waals surface area contributed by atoms with E-state index in [1.165, 1.54) is 27.8 Å². The Kier molecular flexibility index (Phi) is 7.20. The second kappa shape index (κ2) is 10.3. The number of aromatic nitrogens is 4. The number of rotatable bonds is 8. The lowest BCUT2D eigenvalue weighted by Crippen LogP contribution is -2.15. The quantitative estimate of drug-likeness (QED) is 0.236. The standard InChI is InChI=1S/C21H14Cl3FN6O4/c22-14-3-1-12(7-15(14)23)9-30-10-16(24)20(28-30)26-21(32)17-5-6-29(27-17)11-35-19-8-13(25)2-4-18(19)31(33)34/h1-8,10H,9,11H2,(H,26,28,32). The summed E-state index contributed by atoms with van der Waals surface area (Å²) in [6.07, 6.45) is 2.96. The van der Waals surface area contributed by atoms with Crippen molar-refractivity contribution < 1.29 is 18.8 Å². The van der Waals surface area contributed by atoms with Crippen molar-refractivity contribution in [2.75, 3.05) is 5.32 Å². The molecule has 10 nitrogen and oxygen atoms in total. The number of hydrogen-bond donors (Lipinski definition) is 1. The van der Waals surface area contributed by atoms with Gasteiger partial charge in [0.2, 0.25) is 5.75 Å². The summed E-state index contributed by atoms with van der Waals surface area (Å²) in [6.45, 7) is 0.0429. The fourth-order valence-corrected chi connectivity index (χ4v) is 3.52. The third kappa shape index (κ3) is 5.88. The Labute approximate surface area is 211 Å². The summed E-state index contributed by atoms with van der Waals surface area (Å²) >= 11 is 18.2. The maximum atomic E-state index is 13.4. The SMILES string of the molecule is O=C(Nc1nn(Cc2ccc(Cl)c(Cl)c2)cc1Cl)c1ccn(COc2cc(F)ccc2[N+](=O)[O-])n1. The highest BCUT2D eigenvalue weighted by Gasteiger charge is 2.18. The molecule has 1 amide bonds. The van der Waals surface area contributed by atoms with Gasteiger partial charge in [-0.25, -0.2) is 9.07 Å². The number of nitrogens with zero attached hydrogens (tertiary/aromatic N) is 5. The van der Waals surface area contributed by atoms with E-state index in [9.17, 15) is 19.3 Å². The zero-order chi connectivity index (χ0) is 25.1. The van der Waals surface area contributed by atoms with Crippen LogP contribution in [-0.4, -0.2) is 30.4 Å². The third-order valence-corrected chi connectivity index (χ3v) is 5.64. The van der Waals surface area contributed by atoms with Gasteiger partial charge < -0.3 is 10.1 Å². The number of nitro benzene ring substituents is 1. The number of carbonyl (C=O) groups is 1. The number of carbonyl (C=O) groups excluding carboxylic acids is 1. The van der Waals surface area contributed by atoms with Crippen molar-refractivity contribution in [1.29, 1.82) is 0 Å². The Morgan fingerprint density at radius 2 is 1.86 bits per heavy atom. The highest BCUT2D eigenvalue weighted by atomic mass is 35.5. The van der Waals surface area contributed by atoms with E-state index in [0.29, 0.717) is 16.6 Å². The normalized spacial score (nSPS) is 10.9. The molecule has 0 saturated carbocycles. The predicted molar refractivity (Wildman–Crippen MR) is 127 cm³/mol. The van der Waals surface area contributed by atoms with Gasteiger partial charge in [-0.3, -0.25) is 19.6 Å². The van der Waals surface area contributed by atoms with Gasteiger partial charge >= 0.3 is 5.69 Å². The highest BCUT2D eigenvalue weighted by molar-refractivity contribution is 6.42. The third-order valence-electron chi connectivity index (χ3n) is 4.62. The smallest absolute Gasteiger partial charge is 0.311 e. The van der Waals surface area contributed by atoms with Crippen molar-refractivity contribution in [1.82, 2.24) is 19.6 Å². The molecule has 2 heterocycles. The van der Waals surface area contributed by atoms with E-state index in [2.05, 4.69) is 15.5 Å². The van der Waals surface area contributed by atoms with E-state index >= 15 is 0 Å². The van der Waals surface area contributed by atoms with Crippen molar-refractivity contribution in [3.63, 3.8) is 0 Å². The van der Waals surface area contributed by atoms with Crippen LogP contribution in [0.5, 0.6) is 5.75 Å². The van der Waals surface area contributed by atoms with Crippen LogP contribution in [0.25, 0.3) is 0 Å². The second-order valence-corrected chi connectivity index (χ2v) is 8.33. The summed E-state index contributed by atoms with van der Waals surface area (Å²) in [5, 5.41) is 23.0. The summed E-state index contributed by atoms with van der Waals surface area (Å²) in [4.78, 5) is 23.0. The number of benzene rings is 2. The topological polar surface area (TPSA) is 117 Å². The van der Waals surface area contributed by atoms with Crippen LogP contribution >= 0.6 is 34.8 Å². The van der Waals surface area contributed by atoms with Crippen molar-refractivity contribution in [2.45, 2.75) is 13.3 Å². The van der Waals surface area contributed by atoms with Gasteiger partial charge in [0, 0.05) is 24.5 Å². The number of hydrogen-bond acceptors (Lipinski definition) is 6. The number of nitrogens with one attached hydrogen (secondary N) is 1. The van der Waals surface area contributed by atoms with Crippen LogP contribution in [0, 0.1) is 15.9 Å². The van der Waals surface area contributed by atoms with E-state index < -0.39 is 22.3 Å². The van der Waals surface area contributed by atoms with Crippen LogP contribution in [0.2, 0.25) is 15.1 Å². The van der Waals surface area contributed by atoms with Gasteiger partial charge in [-0.2, -0.15) is 10.2 Å². The fourth-order valence-electron chi connectivity index (χ4n) is 3.00. The number of nitro groups is 1. The van der Waals surface area contributed by atoms with E-state index in [1.54, 1.807) is 18.2 Å². The molecular formula is C21H14Cl3FN6O4. The Morgan fingerprint density at radius 1 is 1.06 bits per heavy atom. The lowest BCUT2D eigenvalue weighted by atomic mass is 10.2. The first-order valence-corrected chi connectivity index (χ1v) is 10.9. The van der Waals surface area contributed by atoms with E-state index in [0.717, 1.165) is 23.8 Å². The monoisotopic (exact) mass is 538 g/mol. The zero-order valence-corrected chi connectivity index (χ0v) is 19.8. The number of halogens is 4. The molecule has 0 fully saturated rings. The molecule has 0 aliphatic heterocycles. The molecule has 4 rings (SSSR count). The van der Waals surface area contributed by atoms with E-state index in [1.807, 2.05) is 0 Å². The number of amides is 1. The predicted octanol–water partition coefficient (Wildman–Crippen LogP) is 5.42. The Balaban J connectivity index is 1.40. The zero-order valence-electron chi connectivity index (χ0n) is 17.5. The molecule has 0 saturated heterocycles. The minimum Gasteiger partial charge on any atom is -0.464 e. The van der Waals surface area contributed by atoms with E-state index in [-0.39, 0.29) is 29.0 Å². The second-order valence-electron chi connectivity index (χ2n) is 7.11. The molecule has 35 heavy (non-hydrogen) atoms. The molecule has 4 aromatic rings. The average Bonchev–Trinajstić information content (AvgIpc) is 3.41. The summed E-state index contributed by atoms with van der Waals surface area (Å²) in [5.74, 6) is -1.43.